The molecule has 0 amide bonds. The fourth-order valence-electron chi connectivity index (χ4n) is 5.50. The Hall–Kier alpha value is -5.20. The van der Waals surface area contributed by atoms with Crippen LogP contribution in [0.2, 0.25) is 5.02 Å². The number of nitriles is 2. The molecule has 0 saturated heterocycles. The molecule has 0 bridgehead atoms. The molecule has 6 rings (SSSR count). The molecule has 3 aromatic carbocycles. The van der Waals surface area contributed by atoms with Gasteiger partial charge in [0.25, 0.3) is 0 Å². The molecule has 1 saturated carbocycles. The van der Waals surface area contributed by atoms with Crippen molar-refractivity contribution in [3.8, 4) is 12.1 Å². The van der Waals surface area contributed by atoms with E-state index in [2.05, 4.69) is 38.1 Å². The lowest BCUT2D eigenvalue weighted by molar-refractivity contribution is -0.182. The normalized spacial score (nSPS) is 15.0. The molecule has 232 valence electrons. The van der Waals surface area contributed by atoms with Gasteiger partial charge in [-0.25, -0.2) is 9.07 Å². The first-order valence-electron chi connectivity index (χ1n) is 14.4. The van der Waals surface area contributed by atoms with Crippen LogP contribution in [0.25, 0.3) is 10.9 Å². The van der Waals surface area contributed by atoms with Gasteiger partial charge in [-0.15, -0.1) is 5.10 Å². The number of hydrogen-bond donors (Lipinski definition) is 2. The molecule has 13 heteroatoms. The summed E-state index contributed by atoms with van der Waals surface area (Å²) in [7, 11) is 0. The summed E-state index contributed by atoms with van der Waals surface area (Å²) in [5, 5.41) is 34.7. The molecular formula is C33H25ClF4N8. The molecule has 1 aliphatic carbocycles. The van der Waals surface area contributed by atoms with Gasteiger partial charge in [0.2, 0.25) is 0 Å². The van der Waals surface area contributed by atoms with Crippen molar-refractivity contribution in [2.75, 3.05) is 10.6 Å². The summed E-state index contributed by atoms with van der Waals surface area (Å²) in [6.07, 6.45) is -1.30. The van der Waals surface area contributed by atoms with Crippen LogP contribution < -0.4 is 10.6 Å². The zero-order chi connectivity index (χ0) is 32.5. The highest BCUT2D eigenvalue weighted by molar-refractivity contribution is 6.35. The minimum atomic E-state index is -4.50. The van der Waals surface area contributed by atoms with Crippen LogP contribution in [0.5, 0.6) is 0 Å². The molecule has 0 spiro atoms. The predicted octanol–water partition coefficient (Wildman–Crippen LogP) is 8.20. The number of fused-ring (bicyclic) bond motifs is 1. The lowest BCUT2D eigenvalue weighted by Crippen LogP contribution is -2.35. The standard InChI is InChI=1S/C33H25ClF4N8/c34-26-16-24(15-25-29(22(17-40)18-41-31(25)26)43-27(7-4-14-39)20-5-2-1-3-6-20)42-30(21-8-10-23(35)11-9-21)28-19-46(45-44-28)32(12-13-32)33(36,37)38/h1-3,5-6,8-11,15-16,18-19,27,30,42H,4,7,12-13H2,(H,41,43)/t27-,30?/m1/s1. The summed E-state index contributed by atoms with van der Waals surface area (Å²) in [5.74, 6) is -0.482. The molecule has 1 unspecified atom stereocenters. The number of hydrogen-bond acceptors (Lipinski definition) is 7. The first-order chi connectivity index (χ1) is 22.1. The Bertz CT molecular complexity index is 1960. The van der Waals surface area contributed by atoms with Crippen LogP contribution in [-0.2, 0) is 5.54 Å². The molecule has 0 radical (unpaired) electrons. The van der Waals surface area contributed by atoms with Crippen molar-refractivity contribution in [1.82, 2.24) is 20.0 Å². The first kappa shape index (κ1) is 30.8. The molecule has 2 aromatic heterocycles. The average Bonchev–Trinajstić information content (AvgIpc) is 3.74. The summed E-state index contributed by atoms with van der Waals surface area (Å²) in [6, 6.07) is 21.5. The minimum Gasteiger partial charge on any atom is -0.377 e. The molecule has 2 atom stereocenters. The number of benzene rings is 3. The maximum atomic E-state index is 13.9. The van der Waals surface area contributed by atoms with Crippen LogP contribution in [0.1, 0.15) is 60.2 Å². The number of halogens is 5. The van der Waals surface area contributed by atoms with E-state index in [-0.39, 0.29) is 41.6 Å². The fourth-order valence-corrected chi connectivity index (χ4v) is 5.77. The molecule has 2 heterocycles. The lowest BCUT2D eigenvalue weighted by Gasteiger charge is -2.23. The second kappa shape index (κ2) is 12.3. The van der Waals surface area contributed by atoms with Gasteiger partial charge in [0.1, 0.15) is 17.6 Å². The quantitative estimate of drug-likeness (QED) is 0.147. The van der Waals surface area contributed by atoms with Crippen molar-refractivity contribution in [2.45, 2.75) is 49.5 Å². The van der Waals surface area contributed by atoms with Crippen LogP contribution in [-0.4, -0.2) is 26.2 Å². The maximum Gasteiger partial charge on any atom is 0.413 e. The Morgan fingerprint density at radius 1 is 1.00 bits per heavy atom. The zero-order valence-electron chi connectivity index (χ0n) is 24.1. The van der Waals surface area contributed by atoms with Gasteiger partial charge < -0.3 is 10.6 Å². The summed E-state index contributed by atoms with van der Waals surface area (Å²) in [6.45, 7) is 0. The van der Waals surface area contributed by atoms with Gasteiger partial charge in [-0.1, -0.05) is 59.3 Å². The van der Waals surface area contributed by atoms with Crippen LogP contribution >= 0.6 is 11.6 Å². The Morgan fingerprint density at radius 3 is 2.39 bits per heavy atom. The number of nitrogens with zero attached hydrogens (tertiary/aromatic N) is 6. The van der Waals surface area contributed by atoms with E-state index < -0.39 is 23.6 Å². The van der Waals surface area contributed by atoms with Crippen LogP contribution in [0.3, 0.4) is 0 Å². The third-order valence-corrected chi connectivity index (χ3v) is 8.41. The molecule has 2 N–H and O–H groups in total. The molecule has 1 aliphatic rings. The topological polar surface area (TPSA) is 115 Å². The number of anilines is 2. The van der Waals surface area contributed by atoms with E-state index in [9.17, 15) is 28.1 Å². The van der Waals surface area contributed by atoms with E-state index in [1.807, 2.05) is 30.3 Å². The van der Waals surface area contributed by atoms with Crippen LogP contribution in [0, 0.1) is 28.5 Å². The van der Waals surface area contributed by atoms with Gasteiger partial charge in [0.05, 0.1) is 46.1 Å². The Kier molecular flexibility index (Phi) is 8.24. The Labute approximate surface area is 266 Å². The Balaban J connectivity index is 1.43. The van der Waals surface area contributed by atoms with Crippen LogP contribution in [0.4, 0.5) is 28.9 Å². The average molecular weight is 645 g/mol. The second-order valence-corrected chi connectivity index (χ2v) is 11.5. The van der Waals surface area contributed by atoms with Crippen molar-refractivity contribution in [3.63, 3.8) is 0 Å². The number of rotatable bonds is 10. The molecule has 8 nitrogen and oxygen atoms in total. The molecule has 1 fully saturated rings. The highest BCUT2D eigenvalue weighted by Crippen LogP contribution is 2.55. The third kappa shape index (κ3) is 5.92. The van der Waals surface area contributed by atoms with Crippen LogP contribution in [0.15, 0.2) is 79.1 Å². The fraction of sp³-hybridized carbons (Fsp3) is 0.242. The molecule has 5 aromatic rings. The highest BCUT2D eigenvalue weighted by atomic mass is 35.5. The van der Waals surface area contributed by atoms with E-state index in [4.69, 9.17) is 11.6 Å². The van der Waals surface area contributed by atoms with E-state index in [1.54, 1.807) is 12.1 Å². The summed E-state index contributed by atoms with van der Waals surface area (Å²) >= 11 is 6.72. The number of alkyl halides is 3. The van der Waals surface area contributed by atoms with Crippen molar-refractivity contribution in [1.29, 1.82) is 10.5 Å². The summed E-state index contributed by atoms with van der Waals surface area (Å²) in [5.41, 5.74) is 1.06. The maximum absolute atomic E-state index is 13.9. The number of nitrogens with one attached hydrogen (secondary N) is 2. The number of aromatic nitrogens is 4. The van der Waals surface area contributed by atoms with E-state index in [0.29, 0.717) is 34.3 Å². The van der Waals surface area contributed by atoms with E-state index >= 15 is 0 Å². The summed E-state index contributed by atoms with van der Waals surface area (Å²) in [4.78, 5) is 4.41. The van der Waals surface area contributed by atoms with Gasteiger partial charge in [-0.05, 0) is 54.7 Å². The summed E-state index contributed by atoms with van der Waals surface area (Å²) < 4.78 is 56.3. The van der Waals surface area contributed by atoms with Gasteiger partial charge in [0.15, 0.2) is 5.54 Å². The van der Waals surface area contributed by atoms with Gasteiger partial charge in [0, 0.05) is 23.7 Å². The highest BCUT2D eigenvalue weighted by Gasteiger charge is 2.66. The molecular weight excluding hydrogens is 620 g/mol. The third-order valence-electron chi connectivity index (χ3n) is 8.12. The lowest BCUT2D eigenvalue weighted by atomic mass is 10.00. The Morgan fingerprint density at radius 2 is 1.74 bits per heavy atom. The second-order valence-electron chi connectivity index (χ2n) is 11.1. The monoisotopic (exact) mass is 644 g/mol. The molecule has 46 heavy (non-hydrogen) atoms. The zero-order valence-corrected chi connectivity index (χ0v) is 24.8. The first-order valence-corrected chi connectivity index (χ1v) is 14.7. The predicted molar refractivity (Wildman–Crippen MR) is 164 cm³/mol. The van der Waals surface area contributed by atoms with Gasteiger partial charge in [-0.2, -0.15) is 23.7 Å². The molecule has 0 aliphatic heterocycles. The van der Waals surface area contributed by atoms with E-state index in [1.165, 1.54) is 36.7 Å². The van der Waals surface area contributed by atoms with Crippen molar-refractivity contribution in [2.24, 2.45) is 0 Å². The van der Waals surface area contributed by atoms with Crippen molar-refractivity contribution in [3.05, 3.63) is 112 Å². The SMILES string of the molecule is N#CCC[C@@H](Nc1c(C#N)cnc2c(Cl)cc(NC(c3ccc(F)cc3)c3cn(C4(C(F)(F)F)CC4)nn3)cc12)c1ccccc1. The smallest absolute Gasteiger partial charge is 0.377 e. The van der Waals surface area contributed by atoms with E-state index in [0.717, 1.165) is 10.2 Å². The van der Waals surface area contributed by atoms with Crippen molar-refractivity contribution < 1.29 is 17.6 Å². The van der Waals surface area contributed by atoms with Crippen molar-refractivity contribution >= 4 is 33.9 Å². The van der Waals surface area contributed by atoms with Gasteiger partial charge >= 0.3 is 6.18 Å². The van der Waals surface area contributed by atoms with Gasteiger partial charge in [-0.3, -0.25) is 4.98 Å². The minimum absolute atomic E-state index is 0.101. The largest absolute Gasteiger partial charge is 0.413 e. The number of pyridine rings is 1.